The molecule has 1 heterocycles. The SMILES string of the molecule is CNC1CCC(C)CC1CN(C)Cc1cc(Br)cs1. The first kappa shape index (κ1) is 15.5. The minimum atomic E-state index is 0.703. The second kappa shape index (κ2) is 7.21. The van der Waals surface area contributed by atoms with Gasteiger partial charge in [0.1, 0.15) is 0 Å². The Morgan fingerprint density at radius 2 is 2.26 bits per heavy atom. The highest BCUT2D eigenvalue weighted by Crippen LogP contribution is 2.30. The third-order valence-corrected chi connectivity index (χ3v) is 5.89. The van der Waals surface area contributed by atoms with Gasteiger partial charge < -0.3 is 10.2 Å². The van der Waals surface area contributed by atoms with Crippen molar-refractivity contribution in [1.29, 1.82) is 0 Å². The summed E-state index contributed by atoms with van der Waals surface area (Å²) in [7, 11) is 4.36. The first-order chi connectivity index (χ1) is 9.08. The molecule has 2 nitrogen and oxygen atoms in total. The predicted octanol–water partition coefficient (Wildman–Crippen LogP) is 3.97. The lowest BCUT2D eigenvalue weighted by molar-refractivity contribution is 0.162. The van der Waals surface area contributed by atoms with Crippen molar-refractivity contribution in [3.8, 4) is 0 Å². The maximum Gasteiger partial charge on any atom is 0.0325 e. The van der Waals surface area contributed by atoms with Crippen LogP contribution >= 0.6 is 27.3 Å². The van der Waals surface area contributed by atoms with E-state index in [9.17, 15) is 0 Å². The molecule has 0 aromatic carbocycles. The van der Waals surface area contributed by atoms with E-state index < -0.39 is 0 Å². The average molecular weight is 345 g/mol. The summed E-state index contributed by atoms with van der Waals surface area (Å²) < 4.78 is 1.21. The number of hydrogen-bond acceptors (Lipinski definition) is 3. The lowest BCUT2D eigenvalue weighted by Gasteiger charge is -2.37. The van der Waals surface area contributed by atoms with Gasteiger partial charge in [-0.15, -0.1) is 11.3 Å². The molecule has 0 bridgehead atoms. The van der Waals surface area contributed by atoms with E-state index in [0.717, 1.165) is 18.4 Å². The van der Waals surface area contributed by atoms with E-state index >= 15 is 0 Å². The van der Waals surface area contributed by atoms with Crippen LogP contribution in [-0.4, -0.2) is 31.6 Å². The van der Waals surface area contributed by atoms with Gasteiger partial charge in [0, 0.05) is 33.9 Å². The highest BCUT2D eigenvalue weighted by Gasteiger charge is 2.28. The summed E-state index contributed by atoms with van der Waals surface area (Å²) >= 11 is 5.37. The van der Waals surface area contributed by atoms with Gasteiger partial charge in [0.2, 0.25) is 0 Å². The van der Waals surface area contributed by atoms with Crippen molar-refractivity contribution < 1.29 is 0 Å². The van der Waals surface area contributed by atoms with Crippen LogP contribution in [0.3, 0.4) is 0 Å². The van der Waals surface area contributed by atoms with Crippen LogP contribution in [0.2, 0.25) is 0 Å². The Kier molecular flexibility index (Phi) is 5.87. The summed E-state index contributed by atoms with van der Waals surface area (Å²) in [4.78, 5) is 3.92. The summed E-state index contributed by atoms with van der Waals surface area (Å²) in [5.41, 5.74) is 0. The molecule has 3 unspecified atom stereocenters. The standard InChI is InChI=1S/C15H25BrN2S/c1-11-4-5-15(17-2)12(6-11)8-18(3)9-14-7-13(16)10-19-14/h7,10-12,15,17H,4-6,8-9H2,1-3H3. The van der Waals surface area contributed by atoms with E-state index in [-0.39, 0.29) is 0 Å². The first-order valence-corrected chi connectivity index (χ1v) is 8.84. The zero-order valence-electron chi connectivity index (χ0n) is 12.2. The van der Waals surface area contributed by atoms with Gasteiger partial charge >= 0.3 is 0 Å². The van der Waals surface area contributed by atoms with Crippen molar-refractivity contribution in [2.75, 3.05) is 20.6 Å². The molecule has 3 atom stereocenters. The first-order valence-electron chi connectivity index (χ1n) is 7.17. The Labute approximate surface area is 129 Å². The van der Waals surface area contributed by atoms with Gasteiger partial charge in [0.25, 0.3) is 0 Å². The van der Waals surface area contributed by atoms with Crippen LogP contribution in [0, 0.1) is 11.8 Å². The highest BCUT2D eigenvalue weighted by molar-refractivity contribution is 9.10. The number of nitrogens with one attached hydrogen (secondary N) is 1. The van der Waals surface area contributed by atoms with Gasteiger partial charge in [0.15, 0.2) is 0 Å². The molecular weight excluding hydrogens is 320 g/mol. The molecule has 0 radical (unpaired) electrons. The van der Waals surface area contributed by atoms with Crippen LogP contribution in [0.15, 0.2) is 15.9 Å². The fraction of sp³-hybridized carbons (Fsp3) is 0.733. The minimum Gasteiger partial charge on any atom is -0.317 e. The average Bonchev–Trinajstić information content (AvgIpc) is 2.75. The van der Waals surface area contributed by atoms with Gasteiger partial charge in [-0.1, -0.05) is 6.92 Å². The second-order valence-corrected chi connectivity index (χ2v) is 7.91. The van der Waals surface area contributed by atoms with E-state index in [1.165, 1.54) is 35.2 Å². The number of thiophene rings is 1. The largest absolute Gasteiger partial charge is 0.317 e. The van der Waals surface area contributed by atoms with Crippen LogP contribution in [0.5, 0.6) is 0 Å². The molecule has 2 rings (SSSR count). The molecule has 1 aromatic heterocycles. The maximum atomic E-state index is 3.53. The van der Waals surface area contributed by atoms with Gasteiger partial charge in [-0.25, -0.2) is 0 Å². The summed E-state index contributed by atoms with van der Waals surface area (Å²) in [6, 6.07) is 2.94. The van der Waals surface area contributed by atoms with Crippen molar-refractivity contribution in [1.82, 2.24) is 10.2 Å². The predicted molar refractivity (Wildman–Crippen MR) is 87.7 cm³/mol. The van der Waals surface area contributed by atoms with E-state index in [1.54, 1.807) is 0 Å². The normalized spacial score (nSPS) is 27.9. The lowest BCUT2D eigenvalue weighted by Crippen LogP contribution is -2.43. The molecule has 1 saturated carbocycles. The third-order valence-electron chi connectivity index (χ3n) is 4.21. The van der Waals surface area contributed by atoms with Crippen LogP contribution < -0.4 is 5.32 Å². The van der Waals surface area contributed by atoms with Crippen LogP contribution in [-0.2, 0) is 6.54 Å². The van der Waals surface area contributed by atoms with E-state index in [2.05, 4.69) is 58.6 Å². The van der Waals surface area contributed by atoms with Crippen molar-refractivity contribution in [3.63, 3.8) is 0 Å². The molecule has 1 fully saturated rings. The summed E-state index contributed by atoms with van der Waals surface area (Å²) in [6.07, 6.45) is 4.08. The zero-order valence-corrected chi connectivity index (χ0v) is 14.6. The smallest absolute Gasteiger partial charge is 0.0325 e. The number of rotatable bonds is 5. The minimum absolute atomic E-state index is 0.703. The molecule has 1 N–H and O–H groups in total. The second-order valence-electron chi connectivity index (χ2n) is 6.00. The molecule has 19 heavy (non-hydrogen) atoms. The maximum absolute atomic E-state index is 3.53. The van der Waals surface area contributed by atoms with Crippen molar-refractivity contribution in [3.05, 3.63) is 20.8 Å². The highest BCUT2D eigenvalue weighted by atomic mass is 79.9. The number of nitrogens with zero attached hydrogens (tertiary/aromatic N) is 1. The molecular formula is C15H25BrN2S. The molecule has 1 aliphatic carbocycles. The molecule has 0 saturated heterocycles. The van der Waals surface area contributed by atoms with E-state index in [4.69, 9.17) is 0 Å². The van der Waals surface area contributed by atoms with Crippen molar-refractivity contribution in [2.24, 2.45) is 11.8 Å². The third kappa shape index (κ3) is 4.55. The fourth-order valence-corrected chi connectivity index (χ4v) is 4.78. The molecule has 1 aliphatic rings. The molecule has 4 heteroatoms. The van der Waals surface area contributed by atoms with Gasteiger partial charge in [0.05, 0.1) is 0 Å². The Hall–Kier alpha value is 0.1000. The van der Waals surface area contributed by atoms with E-state index in [0.29, 0.717) is 6.04 Å². The monoisotopic (exact) mass is 344 g/mol. The van der Waals surface area contributed by atoms with Gasteiger partial charge in [-0.2, -0.15) is 0 Å². The topological polar surface area (TPSA) is 15.3 Å². The molecule has 0 spiro atoms. The van der Waals surface area contributed by atoms with Gasteiger partial charge in [-0.05, 0) is 67.2 Å². The zero-order chi connectivity index (χ0) is 13.8. The quantitative estimate of drug-likeness (QED) is 0.869. The van der Waals surface area contributed by atoms with Crippen molar-refractivity contribution in [2.45, 2.75) is 38.8 Å². The molecule has 0 amide bonds. The number of halogens is 1. The Morgan fingerprint density at radius 3 is 2.89 bits per heavy atom. The number of hydrogen-bond donors (Lipinski definition) is 1. The Bertz CT molecular complexity index is 393. The summed E-state index contributed by atoms with van der Waals surface area (Å²) in [5, 5.41) is 5.69. The fourth-order valence-electron chi connectivity index (χ4n) is 3.25. The van der Waals surface area contributed by atoms with Crippen molar-refractivity contribution >= 4 is 27.3 Å². The van der Waals surface area contributed by atoms with Crippen LogP contribution in [0.1, 0.15) is 31.1 Å². The Morgan fingerprint density at radius 1 is 1.47 bits per heavy atom. The molecule has 108 valence electrons. The summed E-state index contributed by atoms with van der Waals surface area (Å²) in [6.45, 7) is 4.66. The lowest BCUT2D eigenvalue weighted by atomic mass is 9.78. The summed E-state index contributed by atoms with van der Waals surface area (Å²) in [5.74, 6) is 1.68. The van der Waals surface area contributed by atoms with Crippen LogP contribution in [0.4, 0.5) is 0 Å². The molecule has 1 aromatic rings. The van der Waals surface area contributed by atoms with E-state index in [1.807, 2.05) is 11.3 Å². The molecule has 0 aliphatic heterocycles. The Balaban J connectivity index is 1.87. The van der Waals surface area contributed by atoms with Gasteiger partial charge in [-0.3, -0.25) is 0 Å². The van der Waals surface area contributed by atoms with Crippen LogP contribution in [0.25, 0.3) is 0 Å².